The summed E-state index contributed by atoms with van der Waals surface area (Å²) in [5.41, 5.74) is 0.578. The van der Waals surface area contributed by atoms with Crippen molar-refractivity contribution >= 4 is 21.4 Å². The maximum absolute atomic E-state index is 11.4. The van der Waals surface area contributed by atoms with E-state index in [0.717, 1.165) is 6.26 Å². The second-order valence-corrected chi connectivity index (χ2v) is 7.02. The molecule has 0 saturated carbocycles. The zero-order chi connectivity index (χ0) is 15.5. The Kier molecular flexibility index (Phi) is 4.88. The highest BCUT2D eigenvalue weighted by Gasteiger charge is 2.12. The summed E-state index contributed by atoms with van der Waals surface area (Å²) in [4.78, 5) is 0.213. The average molecular weight is 327 g/mol. The number of hydrogen-bond donors (Lipinski definition) is 1. The van der Waals surface area contributed by atoms with Gasteiger partial charge < -0.3 is 9.84 Å². The number of aliphatic hydroxyl groups excluding tert-OH is 1. The van der Waals surface area contributed by atoms with Gasteiger partial charge >= 0.3 is 0 Å². The van der Waals surface area contributed by atoms with E-state index in [-0.39, 0.29) is 11.5 Å². The highest BCUT2D eigenvalue weighted by Crippen LogP contribution is 2.25. The molecule has 112 valence electrons. The first kappa shape index (κ1) is 15.8. The Bertz CT molecular complexity index is 711. The molecule has 0 spiro atoms. The molecule has 0 aliphatic carbocycles. The summed E-state index contributed by atoms with van der Waals surface area (Å²) in [5, 5.41) is 10.5. The van der Waals surface area contributed by atoms with Crippen LogP contribution in [0.5, 0.6) is 5.75 Å². The summed E-state index contributed by atoms with van der Waals surface area (Å²) < 4.78 is 28.2. The van der Waals surface area contributed by atoms with Crippen LogP contribution in [0.1, 0.15) is 11.7 Å². The van der Waals surface area contributed by atoms with E-state index < -0.39 is 15.9 Å². The molecule has 0 aromatic heterocycles. The number of ether oxygens (including phenoxy) is 1. The fourth-order valence-corrected chi connectivity index (χ4v) is 2.58. The predicted octanol–water partition coefficient (Wildman–Crippen LogP) is 2.86. The molecule has 0 aliphatic heterocycles. The molecule has 1 unspecified atom stereocenters. The zero-order valence-electron chi connectivity index (χ0n) is 11.4. The van der Waals surface area contributed by atoms with Gasteiger partial charge in [0.2, 0.25) is 0 Å². The van der Waals surface area contributed by atoms with E-state index in [1.54, 1.807) is 36.4 Å². The lowest BCUT2D eigenvalue weighted by molar-refractivity contribution is 0.108. The monoisotopic (exact) mass is 326 g/mol. The summed E-state index contributed by atoms with van der Waals surface area (Å²) >= 11 is 5.95. The molecule has 0 amide bonds. The number of para-hydroxylation sites is 1. The standard InChI is InChI=1S/C15H15ClO4S/c1-21(18,19)12-8-6-11(7-9-12)14(17)10-20-15-5-3-2-4-13(15)16/h2-9,14,17H,10H2,1H3. The van der Waals surface area contributed by atoms with Crippen LogP contribution in [-0.4, -0.2) is 26.4 Å². The summed E-state index contributed by atoms with van der Waals surface area (Å²) in [6.45, 7) is 0.0297. The van der Waals surface area contributed by atoms with Gasteiger partial charge in [-0.3, -0.25) is 0 Å². The molecule has 4 nitrogen and oxygen atoms in total. The Morgan fingerprint density at radius 3 is 2.33 bits per heavy atom. The van der Waals surface area contributed by atoms with Crippen LogP contribution in [0.4, 0.5) is 0 Å². The van der Waals surface area contributed by atoms with Gasteiger partial charge in [0.05, 0.1) is 9.92 Å². The highest BCUT2D eigenvalue weighted by atomic mass is 35.5. The van der Waals surface area contributed by atoms with Gasteiger partial charge in [0.25, 0.3) is 0 Å². The average Bonchev–Trinajstić information content (AvgIpc) is 2.45. The van der Waals surface area contributed by atoms with Gasteiger partial charge in [-0.05, 0) is 29.8 Å². The Hall–Kier alpha value is -1.56. The third-order valence-electron chi connectivity index (χ3n) is 2.93. The summed E-state index contributed by atoms with van der Waals surface area (Å²) in [6.07, 6.45) is 0.272. The normalized spacial score (nSPS) is 12.9. The van der Waals surface area contributed by atoms with Gasteiger partial charge in [-0.25, -0.2) is 8.42 Å². The third-order valence-corrected chi connectivity index (χ3v) is 4.37. The first-order chi connectivity index (χ1) is 9.88. The van der Waals surface area contributed by atoms with Gasteiger partial charge in [-0.15, -0.1) is 0 Å². The largest absolute Gasteiger partial charge is 0.489 e. The molecule has 1 atom stereocenters. The molecule has 2 aromatic carbocycles. The van der Waals surface area contributed by atoms with Crippen molar-refractivity contribution in [2.45, 2.75) is 11.0 Å². The second-order valence-electron chi connectivity index (χ2n) is 4.60. The van der Waals surface area contributed by atoms with E-state index in [4.69, 9.17) is 16.3 Å². The molecular weight excluding hydrogens is 312 g/mol. The molecule has 2 aromatic rings. The number of benzene rings is 2. The predicted molar refractivity (Wildman–Crippen MR) is 81.5 cm³/mol. The smallest absolute Gasteiger partial charge is 0.175 e. The Balaban J connectivity index is 2.04. The van der Waals surface area contributed by atoms with Crippen LogP contribution in [0.2, 0.25) is 5.02 Å². The van der Waals surface area contributed by atoms with Crippen molar-refractivity contribution in [3.05, 3.63) is 59.1 Å². The van der Waals surface area contributed by atoms with Crippen LogP contribution in [0.15, 0.2) is 53.4 Å². The summed E-state index contributed by atoms with van der Waals surface area (Å²) in [7, 11) is -3.24. The maximum atomic E-state index is 11.4. The van der Waals surface area contributed by atoms with E-state index >= 15 is 0 Å². The van der Waals surface area contributed by atoms with Crippen LogP contribution >= 0.6 is 11.6 Å². The quantitative estimate of drug-likeness (QED) is 0.917. The SMILES string of the molecule is CS(=O)(=O)c1ccc(C(O)COc2ccccc2Cl)cc1. The molecule has 0 heterocycles. The van der Waals surface area contributed by atoms with Crippen molar-refractivity contribution in [1.82, 2.24) is 0 Å². The molecule has 0 radical (unpaired) electrons. The highest BCUT2D eigenvalue weighted by molar-refractivity contribution is 7.90. The molecule has 0 aliphatic rings. The van der Waals surface area contributed by atoms with Crippen molar-refractivity contribution in [1.29, 1.82) is 0 Å². The van der Waals surface area contributed by atoms with Gasteiger partial charge in [0, 0.05) is 6.26 Å². The maximum Gasteiger partial charge on any atom is 0.175 e. The molecular formula is C15H15ClO4S. The van der Waals surface area contributed by atoms with Gasteiger partial charge in [-0.2, -0.15) is 0 Å². The number of aliphatic hydroxyl groups is 1. The fourth-order valence-electron chi connectivity index (χ4n) is 1.76. The molecule has 6 heteroatoms. The minimum absolute atomic E-state index is 0.0297. The zero-order valence-corrected chi connectivity index (χ0v) is 12.9. The van der Waals surface area contributed by atoms with Crippen LogP contribution in [-0.2, 0) is 9.84 Å². The number of hydrogen-bond acceptors (Lipinski definition) is 4. The van der Waals surface area contributed by atoms with Gasteiger partial charge in [0.15, 0.2) is 9.84 Å². The van der Waals surface area contributed by atoms with Crippen molar-refractivity contribution < 1.29 is 18.3 Å². The van der Waals surface area contributed by atoms with E-state index in [9.17, 15) is 13.5 Å². The van der Waals surface area contributed by atoms with Crippen molar-refractivity contribution in [2.24, 2.45) is 0 Å². The number of rotatable bonds is 5. The first-order valence-corrected chi connectivity index (χ1v) is 8.50. The number of halogens is 1. The second kappa shape index (κ2) is 6.47. The molecule has 0 bridgehead atoms. The molecule has 21 heavy (non-hydrogen) atoms. The van der Waals surface area contributed by atoms with Crippen LogP contribution in [0.3, 0.4) is 0 Å². The van der Waals surface area contributed by atoms with Gasteiger partial charge in [-0.1, -0.05) is 35.9 Å². The summed E-state index contributed by atoms with van der Waals surface area (Å²) in [5.74, 6) is 0.492. The van der Waals surface area contributed by atoms with E-state index in [2.05, 4.69) is 0 Å². The van der Waals surface area contributed by atoms with Crippen molar-refractivity contribution in [2.75, 3.05) is 12.9 Å². The lowest BCUT2D eigenvalue weighted by Gasteiger charge is -2.13. The Morgan fingerprint density at radius 1 is 1.14 bits per heavy atom. The molecule has 0 saturated heterocycles. The molecule has 2 rings (SSSR count). The van der Waals surface area contributed by atoms with Crippen LogP contribution < -0.4 is 4.74 Å². The lowest BCUT2D eigenvalue weighted by atomic mass is 10.1. The van der Waals surface area contributed by atoms with Gasteiger partial charge in [0.1, 0.15) is 18.5 Å². The van der Waals surface area contributed by atoms with E-state index in [0.29, 0.717) is 16.3 Å². The minimum Gasteiger partial charge on any atom is -0.489 e. The van der Waals surface area contributed by atoms with E-state index in [1.807, 2.05) is 0 Å². The van der Waals surface area contributed by atoms with Crippen molar-refractivity contribution in [3.63, 3.8) is 0 Å². The molecule has 0 fully saturated rings. The van der Waals surface area contributed by atoms with Crippen LogP contribution in [0.25, 0.3) is 0 Å². The fraction of sp³-hybridized carbons (Fsp3) is 0.200. The first-order valence-electron chi connectivity index (χ1n) is 6.23. The lowest BCUT2D eigenvalue weighted by Crippen LogP contribution is -2.10. The third kappa shape index (κ3) is 4.20. The number of sulfone groups is 1. The summed E-state index contributed by atoms with van der Waals surface area (Å²) in [6, 6.07) is 13.0. The Morgan fingerprint density at radius 2 is 1.76 bits per heavy atom. The minimum atomic E-state index is -3.24. The van der Waals surface area contributed by atoms with Crippen LogP contribution in [0, 0.1) is 0 Å². The topological polar surface area (TPSA) is 63.6 Å². The molecule has 1 N–H and O–H groups in total. The Labute approximate surface area is 128 Å². The van der Waals surface area contributed by atoms with Crippen molar-refractivity contribution in [3.8, 4) is 5.75 Å². The van der Waals surface area contributed by atoms with E-state index in [1.165, 1.54) is 12.1 Å².